The second kappa shape index (κ2) is 5.72. The topological polar surface area (TPSA) is 55.6 Å². The first-order chi connectivity index (χ1) is 10.9. The second-order valence-corrected chi connectivity index (χ2v) is 6.74. The highest BCUT2D eigenvalue weighted by molar-refractivity contribution is 5.91. The summed E-state index contributed by atoms with van der Waals surface area (Å²) in [5.74, 6) is 1.01. The molecule has 3 rings (SSSR count). The summed E-state index contributed by atoms with van der Waals surface area (Å²) >= 11 is 0. The molecule has 1 amide bonds. The molecule has 1 fully saturated rings. The molecular formula is C18H22N2O3. The van der Waals surface area contributed by atoms with E-state index in [1.807, 2.05) is 37.4 Å². The Hall–Kier alpha value is -2.30. The lowest BCUT2D eigenvalue weighted by Gasteiger charge is -2.54. The molecule has 122 valence electrons. The van der Waals surface area contributed by atoms with Crippen LogP contribution in [0.2, 0.25) is 0 Å². The van der Waals surface area contributed by atoms with E-state index in [0.717, 1.165) is 12.2 Å². The minimum Gasteiger partial charge on any atom is -0.490 e. The van der Waals surface area contributed by atoms with Gasteiger partial charge >= 0.3 is 0 Å². The summed E-state index contributed by atoms with van der Waals surface area (Å²) in [4.78, 5) is 14.2. The number of carbonyl (C=O) groups is 1. The molecule has 1 aliphatic rings. The molecular weight excluding hydrogens is 292 g/mol. The van der Waals surface area contributed by atoms with Gasteiger partial charge in [-0.05, 0) is 19.1 Å². The number of para-hydroxylation sites is 1. The van der Waals surface area contributed by atoms with Crippen LogP contribution in [0.4, 0.5) is 0 Å². The number of aryl methyl sites for hydroxylation is 1. The Morgan fingerprint density at radius 2 is 2.04 bits per heavy atom. The normalized spacial score (nSPS) is 22.3. The molecule has 1 saturated carbocycles. The summed E-state index contributed by atoms with van der Waals surface area (Å²) in [6.45, 7) is 6.06. The van der Waals surface area contributed by atoms with Crippen LogP contribution in [-0.4, -0.2) is 35.2 Å². The summed E-state index contributed by atoms with van der Waals surface area (Å²) in [7, 11) is 1.81. The minimum atomic E-state index is -0.137. The summed E-state index contributed by atoms with van der Waals surface area (Å²) in [5, 5.41) is 3.78. The van der Waals surface area contributed by atoms with Gasteiger partial charge < -0.3 is 14.2 Å². The fourth-order valence-electron chi connectivity index (χ4n) is 3.16. The lowest BCUT2D eigenvalue weighted by atomic mass is 9.63. The Bertz CT molecular complexity index is 693. The molecule has 5 heteroatoms. The van der Waals surface area contributed by atoms with E-state index in [9.17, 15) is 4.79 Å². The van der Waals surface area contributed by atoms with Gasteiger partial charge in [-0.25, -0.2) is 0 Å². The Morgan fingerprint density at radius 1 is 1.35 bits per heavy atom. The van der Waals surface area contributed by atoms with Crippen LogP contribution in [0, 0.1) is 12.3 Å². The maximum absolute atomic E-state index is 12.5. The highest BCUT2D eigenvalue weighted by Crippen LogP contribution is 2.45. The van der Waals surface area contributed by atoms with Crippen molar-refractivity contribution in [1.29, 1.82) is 0 Å². The molecule has 23 heavy (non-hydrogen) atoms. The van der Waals surface area contributed by atoms with Crippen molar-refractivity contribution in [3.05, 3.63) is 47.9 Å². The summed E-state index contributed by atoms with van der Waals surface area (Å²) < 4.78 is 11.1. The van der Waals surface area contributed by atoms with Crippen LogP contribution < -0.4 is 4.74 Å². The number of aromatic nitrogens is 1. The number of carbonyl (C=O) groups excluding carboxylic acids is 1. The molecule has 1 heterocycles. The van der Waals surface area contributed by atoms with E-state index < -0.39 is 0 Å². The fourth-order valence-corrected chi connectivity index (χ4v) is 3.16. The third kappa shape index (κ3) is 2.83. The molecule has 1 aromatic heterocycles. The van der Waals surface area contributed by atoms with E-state index >= 15 is 0 Å². The van der Waals surface area contributed by atoms with Crippen molar-refractivity contribution in [3.63, 3.8) is 0 Å². The summed E-state index contributed by atoms with van der Waals surface area (Å²) in [6, 6.07) is 11.6. The smallest absolute Gasteiger partial charge is 0.292 e. The van der Waals surface area contributed by atoms with Crippen LogP contribution in [0.3, 0.4) is 0 Å². The Kier molecular flexibility index (Phi) is 3.88. The first-order valence-corrected chi connectivity index (χ1v) is 7.82. The number of hydrogen-bond acceptors (Lipinski definition) is 4. The van der Waals surface area contributed by atoms with Gasteiger partial charge in [-0.3, -0.25) is 4.79 Å². The van der Waals surface area contributed by atoms with E-state index in [-0.39, 0.29) is 29.2 Å². The third-order valence-electron chi connectivity index (χ3n) is 4.77. The molecule has 1 aromatic carbocycles. The van der Waals surface area contributed by atoms with Crippen LogP contribution in [0.25, 0.3) is 0 Å². The summed E-state index contributed by atoms with van der Waals surface area (Å²) in [5.41, 5.74) is 0.579. The molecule has 0 radical (unpaired) electrons. The molecule has 5 nitrogen and oxygen atoms in total. The average Bonchev–Trinajstić information content (AvgIpc) is 2.97. The van der Waals surface area contributed by atoms with Crippen LogP contribution in [-0.2, 0) is 0 Å². The monoisotopic (exact) mass is 314 g/mol. The zero-order chi connectivity index (χ0) is 16.6. The zero-order valence-corrected chi connectivity index (χ0v) is 13.9. The maximum Gasteiger partial charge on any atom is 0.292 e. The van der Waals surface area contributed by atoms with Crippen molar-refractivity contribution in [1.82, 2.24) is 10.1 Å². The predicted molar refractivity (Wildman–Crippen MR) is 86.4 cm³/mol. The maximum atomic E-state index is 12.5. The minimum absolute atomic E-state index is 0.0848. The fraction of sp³-hybridized carbons (Fsp3) is 0.444. The first-order valence-electron chi connectivity index (χ1n) is 7.82. The van der Waals surface area contributed by atoms with Crippen molar-refractivity contribution < 1.29 is 14.1 Å². The van der Waals surface area contributed by atoms with Crippen LogP contribution in [0.1, 0.15) is 36.5 Å². The number of hydrogen-bond donors (Lipinski definition) is 0. The molecule has 1 aliphatic carbocycles. The quantitative estimate of drug-likeness (QED) is 0.869. The van der Waals surface area contributed by atoms with Gasteiger partial charge in [-0.2, -0.15) is 0 Å². The first kappa shape index (κ1) is 15.6. The number of rotatable bonds is 4. The number of nitrogens with zero attached hydrogens (tertiary/aromatic N) is 2. The number of amides is 1. The highest BCUT2D eigenvalue weighted by atomic mass is 16.5. The van der Waals surface area contributed by atoms with Gasteiger partial charge in [-0.1, -0.05) is 37.2 Å². The Morgan fingerprint density at radius 3 is 2.61 bits per heavy atom. The van der Waals surface area contributed by atoms with Crippen molar-refractivity contribution in [2.45, 2.75) is 39.3 Å². The molecule has 0 saturated heterocycles. The molecule has 0 bridgehead atoms. The molecule has 2 atom stereocenters. The van der Waals surface area contributed by atoms with Gasteiger partial charge in [0, 0.05) is 31.0 Å². The SMILES string of the molecule is Cc1cc(C(=O)N(C)C2CC(Oc3ccccc3)C2(C)C)on1. The molecule has 0 aliphatic heterocycles. The highest BCUT2D eigenvalue weighted by Gasteiger charge is 2.53. The van der Waals surface area contributed by atoms with Gasteiger partial charge in [0.15, 0.2) is 0 Å². The van der Waals surface area contributed by atoms with Gasteiger partial charge in [-0.15, -0.1) is 0 Å². The van der Waals surface area contributed by atoms with E-state index in [4.69, 9.17) is 9.26 Å². The van der Waals surface area contributed by atoms with Gasteiger partial charge in [0.25, 0.3) is 5.91 Å². The average molecular weight is 314 g/mol. The van der Waals surface area contributed by atoms with Gasteiger partial charge in [0.1, 0.15) is 11.9 Å². The zero-order valence-electron chi connectivity index (χ0n) is 13.9. The summed E-state index contributed by atoms with van der Waals surface area (Å²) in [6.07, 6.45) is 0.888. The van der Waals surface area contributed by atoms with E-state index in [1.165, 1.54) is 0 Å². The molecule has 2 unspecified atom stereocenters. The molecule has 2 aromatic rings. The van der Waals surface area contributed by atoms with Crippen LogP contribution >= 0.6 is 0 Å². The van der Waals surface area contributed by atoms with Crippen molar-refractivity contribution in [2.24, 2.45) is 5.41 Å². The number of ether oxygens (including phenoxy) is 1. The van der Waals surface area contributed by atoms with Crippen molar-refractivity contribution in [2.75, 3.05) is 7.05 Å². The lowest BCUT2D eigenvalue weighted by Crippen LogP contribution is -2.63. The largest absolute Gasteiger partial charge is 0.490 e. The lowest BCUT2D eigenvalue weighted by molar-refractivity contribution is -0.0892. The van der Waals surface area contributed by atoms with E-state index in [0.29, 0.717) is 5.69 Å². The Balaban J connectivity index is 1.67. The van der Waals surface area contributed by atoms with Gasteiger partial charge in [0.05, 0.1) is 5.69 Å². The van der Waals surface area contributed by atoms with E-state index in [2.05, 4.69) is 19.0 Å². The van der Waals surface area contributed by atoms with Crippen LogP contribution in [0.15, 0.2) is 40.9 Å². The molecule has 0 N–H and O–H groups in total. The Labute approximate surface area is 136 Å². The van der Waals surface area contributed by atoms with Gasteiger partial charge in [0.2, 0.25) is 5.76 Å². The number of benzene rings is 1. The molecule has 0 spiro atoms. The third-order valence-corrected chi connectivity index (χ3v) is 4.77. The second-order valence-electron chi connectivity index (χ2n) is 6.74. The van der Waals surface area contributed by atoms with Crippen molar-refractivity contribution in [3.8, 4) is 5.75 Å². The van der Waals surface area contributed by atoms with Crippen LogP contribution in [0.5, 0.6) is 5.75 Å². The van der Waals surface area contributed by atoms with Crippen molar-refractivity contribution >= 4 is 5.91 Å². The van der Waals surface area contributed by atoms with E-state index in [1.54, 1.807) is 17.9 Å². The predicted octanol–water partition coefficient (Wildman–Crippen LogP) is 3.30. The standard InChI is InChI=1S/C18H22N2O3/c1-12-10-14(23-19-12)17(21)20(4)15-11-16(18(15,2)3)22-13-8-6-5-7-9-13/h5-10,15-16H,11H2,1-4H3.